The van der Waals surface area contributed by atoms with Crippen molar-refractivity contribution >= 4 is 5.82 Å². The van der Waals surface area contributed by atoms with Crippen LogP contribution >= 0.6 is 0 Å². The lowest BCUT2D eigenvalue weighted by molar-refractivity contribution is -0.00887. The highest BCUT2D eigenvalue weighted by Gasteiger charge is 2.52. The monoisotopic (exact) mass is 231 g/mol. The van der Waals surface area contributed by atoms with Gasteiger partial charge in [-0.1, -0.05) is 0 Å². The molecule has 0 amide bonds. The van der Waals surface area contributed by atoms with Crippen molar-refractivity contribution in [2.24, 2.45) is 24.8 Å². The Balaban J connectivity index is 1.79. The number of hydrogen-bond donors (Lipinski definition) is 1. The second-order valence-corrected chi connectivity index (χ2v) is 6.78. The van der Waals surface area contributed by atoms with E-state index in [1.54, 1.807) is 0 Å². The van der Waals surface area contributed by atoms with E-state index < -0.39 is 0 Å². The molecule has 92 valence electrons. The minimum absolute atomic E-state index is 0.425. The number of aromatic nitrogens is 2. The number of anilines is 1. The quantitative estimate of drug-likeness (QED) is 0.807. The summed E-state index contributed by atoms with van der Waals surface area (Å²) >= 11 is 0. The summed E-state index contributed by atoms with van der Waals surface area (Å²) < 4.78 is 2.04. The van der Waals surface area contributed by atoms with E-state index in [1.807, 2.05) is 4.68 Å². The molecule has 0 saturated heterocycles. The molecule has 4 aliphatic carbocycles. The Bertz CT molecular complexity index is 425. The first-order valence-corrected chi connectivity index (χ1v) is 6.95. The van der Waals surface area contributed by atoms with Crippen molar-refractivity contribution in [1.29, 1.82) is 0 Å². The number of rotatable bonds is 1. The van der Waals surface area contributed by atoms with E-state index in [4.69, 9.17) is 5.73 Å². The largest absolute Gasteiger partial charge is 0.382 e. The molecule has 17 heavy (non-hydrogen) atoms. The van der Waals surface area contributed by atoms with Crippen LogP contribution in [-0.4, -0.2) is 9.78 Å². The van der Waals surface area contributed by atoms with Gasteiger partial charge in [-0.15, -0.1) is 0 Å². The van der Waals surface area contributed by atoms with Crippen molar-refractivity contribution < 1.29 is 0 Å². The minimum Gasteiger partial charge on any atom is -0.382 e. The van der Waals surface area contributed by atoms with Gasteiger partial charge in [-0.25, -0.2) is 0 Å². The van der Waals surface area contributed by atoms with Crippen molar-refractivity contribution in [2.45, 2.75) is 43.9 Å². The van der Waals surface area contributed by atoms with Crippen LogP contribution in [0, 0.1) is 17.8 Å². The summed E-state index contributed by atoms with van der Waals surface area (Å²) in [6.07, 6.45) is 8.64. The molecular weight excluding hydrogens is 210 g/mol. The van der Waals surface area contributed by atoms with Crippen LogP contribution in [0.1, 0.15) is 44.2 Å². The molecule has 0 aliphatic heterocycles. The van der Waals surface area contributed by atoms with Gasteiger partial charge in [0.1, 0.15) is 5.82 Å². The van der Waals surface area contributed by atoms with Gasteiger partial charge in [0.2, 0.25) is 0 Å². The molecule has 4 saturated carbocycles. The fourth-order valence-corrected chi connectivity index (χ4v) is 5.41. The van der Waals surface area contributed by atoms with Crippen LogP contribution in [0.4, 0.5) is 5.82 Å². The van der Waals surface area contributed by atoms with Crippen molar-refractivity contribution in [3.05, 3.63) is 11.8 Å². The predicted molar refractivity (Wildman–Crippen MR) is 67.5 cm³/mol. The molecule has 0 atom stereocenters. The van der Waals surface area contributed by atoms with Crippen LogP contribution in [0.3, 0.4) is 0 Å². The second-order valence-electron chi connectivity index (χ2n) is 6.78. The minimum atomic E-state index is 0.425. The zero-order valence-electron chi connectivity index (χ0n) is 10.5. The lowest BCUT2D eigenvalue weighted by Crippen LogP contribution is -2.49. The molecule has 1 aromatic rings. The van der Waals surface area contributed by atoms with Gasteiger partial charge in [0, 0.05) is 24.2 Å². The third-order valence-corrected chi connectivity index (χ3v) is 5.48. The van der Waals surface area contributed by atoms with E-state index in [0.717, 1.165) is 17.8 Å². The van der Waals surface area contributed by atoms with Gasteiger partial charge in [-0.2, -0.15) is 5.10 Å². The first-order valence-electron chi connectivity index (χ1n) is 6.95. The maximum Gasteiger partial charge on any atom is 0.145 e. The highest BCUT2D eigenvalue weighted by molar-refractivity contribution is 5.35. The summed E-state index contributed by atoms with van der Waals surface area (Å²) in [6.45, 7) is 0. The Kier molecular flexibility index (Phi) is 1.80. The van der Waals surface area contributed by atoms with Gasteiger partial charge in [0.25, 0.3) is 0 Å². The van der Waals surface area contributed by atoms with Crippen LogP contribution in [0.25, 0.3) is 0 Å². The first kappa shape index (κ1) is 9.98. The lowest BCUT2D eigenvalue weighted by Gasteiger charge is -2.56. The van der Waals surface area contributed by atoms with Crippen LogP contribution < -0.4 is 5.73 Å². The van der Waals surface area contributed by atoms with E-state index >= 15 is 0 Å². The number of hydrogen-bond acceptors (Lipinski definition) is 2. The number of aryl methyl sites for hydroxylation is 1. The first-order chi connectivity index (χ1) is 8.14. The summed E-state index contributed by atoms with van der Waals surface area (Å²) in [5.41, 5.74) is 7.70. The zero-order valence-corrected chi connectivity index (χ0v) is 10.5. The summed E-state index contributed by atoms with van der Waals surface area (Å²) in [6, 6.07) is 2.13. The molecule has 0 radical (unpaired) electrons. The second kappa shape index (κ2) is 3.06. The maximum atomic E-state index is 5.87. The molecule has 1 heterocycles. The molecule has 3 heteroatoms. The van der Waals surface area contributed by atoms with Gasteiger partial charge in [-0.05, 0) is 56.3 Å². The van der Waals surface area contributed by atoms with Gasteiger partial charge >= 0.3 is 0 Å². The molecule has 4 fully saturated rings. The van der Waals surface area contributed by atoms with Crippen LogP contribution in [-0.2, 0) is 12.5 Å². The number of nitrogen functional groups attached to an aromatic ring is 1. The summed E-state index contributed by atoms with van der Waals surface area (Å²) in [4.78, 5) is 0. The van der Waals surface area contributed by atoms with E-state index in [1.165, 1.54) is 44.2 Å². The normalized spacial score (nSPS) is 43.2. The van der Waals surface area contributed by atoms with E-state index in [9.17, 15) is 0 Å². The van der Waals surface area contributed by atoms with Crippen LogP contribution in [0.5, 0.6) is 0 Å². The zero-order chi connectivity index (χ0) is 11.6. The van der Waals surface area contributed by atoms with Crippen molar-refractivity contribution in [3.63, 3.8) is 0 Å². The molecule has 0 aromatic carbocycles. The molecule has 1 aromatic heterocycles. The Labute approximate surface area is 102 Å². The summed E-state index contributed by atoms with van der Waals surface area (Å²) in [5.74, 6) is 3.64. The Morgan fingerprint density at radius 1 is 1.18 bits per heavy atom. The summed E-state index contributed by atoms with van der Waals surface area (Å²) in [7, 11) is 2.06. The number of nitrogens with two attached hydrogens (primary N) is 1. The molecule has 4 aliphatic rings. The van der Waals surface area contributed by atoms with Crippen LogP contribution in [0.15, 0.2) is 6.07 Å². The Morgan fingerprint density at radius 2 is 1.71 bits per heavy atom. The van der Waals surface area contributed by atoms with Crippen molar-refractivity contribution in [1.82, 2.24) is 9.78 Å². The third kappa shape index (κ3) is 1.31. The SMILES string of the molecule is Cn1nc(N)cc1C12CC3CC(CC(C3)C1)C2. The Morgan fingerprint density at radius 3 is 2.12 bits per heavy atom. The molecule has 0 unspecified atom stereocenters. The van der Waals surface area contributed by atoms with Gasteiger partial charge in [0.05, 0.1) is 0 Å². The molecule has 4 bridgehead atoms. The number of nitrogens with zero attached hydrogens (tertiary/aromatic N) is 2. The lowest BCUT2D eigenvalue weighted by atomic mass is 9.49. The van der Waals surface area contributed by atoms with E-state index in [2.05, 4.69) is 18.2 Å². The molecule has 5 rings (SSSR count). The smallest absolute Gasteiger partial charge is 0.145 e. The highest BCUT2D eigenvalue weighted by atomic mass is 15.3. The highest BCUT2D eigenvalue weighted by Crippen LogP contribution is 2.60. The topological polar surface area (TPSA) is 43.8 Å². The molecule has 3 nitrogen and oxygen atoms in total. The Hall–Kier alpha value is -0.990. The third-order valence-electron chi connectivity index (χ3n) is 5.48. The van der Waals surface area contributed by atoms with Crippen molar-refractivity contribution in [3.8, 4) is 0 Å². The molecule has 2 N–H and O–H groups in total. The molecule has 0 spiro atoms. The average Bonchev–Trinajstić information content (AvgIpc) is 2.56. The van der Waals surface area contributed by atoms with Gasteiger partial charge < -0.3 is 5.73 Å². The predicted octanol–water partition coefficient (Wildman–Crippen LogP) is 2.47. The standard InChI is InChI=1S/C14H21N3/c1-17-12(5-13(15)16-17)14-6-9-2-10(7-14)4-11(3-9)8-14/h5,9-11H,2-4,6-8H2,1H3,(H2,15,16). The fraction of sp³-hybridized carbons (Fsp3) is 0.786. The van der Waals surface area contributed by atoms with Crippen molar-refractivity contribution in [2.75, 3.05) is 5.73 Å². The van der Waals surface area contributed by atoms with E-state index in [0.29, 0.717) is 11.2 Å². The van der Waals surface area contributed by atoms with E-state index in [-0.39, 0.29) is 0 Å². The fourth-order valence-electron chi connectivity index (χ4n) is 5.41. The van der Waals surface area contributed by atoms with Gasteiger partial charge in [0.15, 0.2) is 0 Å². The van der Waals surface area contributed by atoms with Gasteiger partial charge in [-0.3, -0.25) is 4.68 Å². The van der Waals surface area contributed by atoms with Crippen LogP contribution in [0.2, 0.25) is 0 Å². The summed E-state index contributed by atoms with van der Waals surface area (Å²) in [5, 5.41) is 4.36. The maximum absolute atomic E-state index is 5.87. The average molecular weight is 231 g/mol. The molecular formula is C14H21N3.